The number of amides is 3. The van der Waals surface area contributed by atoms with E-state index in [1.807, 2.05) is 0 Å². The van der Waals surface area contributed by atoms with Gasteiger partial charge in [0.15, 0.2) is 0 Å². The Balaban J connectivity index is 1.38. The van der Waals surface area contributed by atoms with Gasteiger partial charge in [0.2, 0.25) is 5.95 Å². The molecule has 3 aromatic carbocycles. The van der Waals surface area contributed by atoms with Gasteiger partial charge in [0, 0.05) is 17.4 Å². The van der Waals surface area contributed by atoms with Gasteiger partial charge in [-0.15, -0.1) is 0 Å². The van der Waals surface area contributed by atoms with Gasteiger partial charge in [-0.3, -0.25) is 5.32 Å². The van der Waals surface area contributed by atoms with Crippen LogP contribution in [0.5, 0.6) is 11.5 Å². The molecule has 0 saturated heterocycles. The van der Waals surface area contributed by atoms with E-state index < -0.39 is 28.9 Å². The number of aromatic nitrogens is 2. The molecule has 4 N–H and O–H groups in total. The fourth-order valence-electron chi connectivity index (χ4n) is 3.11. The van der Waals surface area contributed by atoms with E-state index >= 15 is 0 Å². The van der Waals surface area contributed by atoms with E-state index in [-0.39, 0.29) is 11.6 Å². The third-order valence-corrected chi connectivity index (χ3v) is 5.07. The summed E-state index contributed by atoms with van der Waals surface area (Å²) in [5, 5.41) is 6.83. The lowest BCUT2D eigenvalue weighted by atomic mass is 10.2. The van der Waals surface area contributed by atoms with Crippen LogP contribution in [0.2, 0.25) is 5.02 Å². The molecule has 0 radical (unpaired) electrons. The quantitative estimate of drug-likeness (QED) is 0.230. The summed E-state index contributed by atoms with van der Waals surface area (Å²) in [5.41, 5.74) is 0.480. The number of alkyl halides is 3. The predicted molar refractivity (Wildman–Crippen MR) is 128 cm³/mol. The van der Waals surface area contributed by atoms with Crippen molar-refractivity contribution in [2.75, 3.05) is 23.1 Å². The second-order valence-electron chi connectivity index (χ2n) is 7.28. The Bertz CT molecular complexity index is 1420. The highest BCUT2D eigenvalue weighted by molar-refractivity contribution is 6.31. The number of hydrogen-bond donors (Lipinski definition) is 4. The molecule has 0 aliphatic carbocycles. The van der Waals surface area contributed by atoms with E-state index in [0.717, 1.165) is 12.1 Å². The smallest absolute Gasteiger partial charge is 0.417 e. The van der Waals surface area contributed by atoms with E-state index in [1.54, 1.807) is 42.5 Å². The van der Waals surface area contributed by atoms with Crippen LogP contribution in [0.25, 0.3) is 11.0 Å². The molecular weight excluding hydrogens is 503 g/mol. The molecular formula is C23H17ClF3N5O4. The molecule has 1 aromatic heterocycles. The Kier molecular flexibility index (Phi) is 6.88. The van der Waals surface area contributed by atoms with Crippen molar-refractivity contribution in [2.24, 2.45) is 0 Å². The minimum Gasteiger partial charge on any atom is -0.457 e. The summed E-state index contributed by atoms with van der Waals surface area (Å²) in [6, 6.07) is 13.7. The van der Waals surface area contributed by atoms with Crippen molar-refractivity contribution < 1.29 is 32.2 Å². The largest absolute Gasteiger partial charge is 0.457 e. The average molecular weight is 520 g/mol. The lowest BCUT2D eigenvalue weighted by molar-refractivity contribution is -0.137. The molecule has 0 saturated carbocycles. The van der Waals surface area contributed by atoms with E-state index in [2.05, 4.69) is 30.7 Å². The molecule has 9 nitrogen and oxygen atoms in total. The van der Waals surface area contributed by atoms with Crippen LogP contribution in [0.15, 0.2) is 60.7 Å². The van der Waals surface area contributed by atoms with Crippen LogP contribution in [0, 0.1) is 0 Å². The maximum atomic E-state index is 13.0. The third kappa shape index (κ3) is 5.96. The maximum absolute atomic E-state index is 13.0. The molecule has 186 valence electrons. The number of halogens is 4. The van der Waals surface area contributed by atoms with Crippen molar-refractivity contribution in [3.8, 4) is 11.5 Å². The lowest BCUT2D eigenvalue weighted by Gasteiger charge is -2.12. The van der Waals surface area contributed by atoms with Crippen molar-refractivity contribution in [3.63, 3.8) is 0 Å². The van der Waals surface area contributed by atoms with Gasteiger partial charge < -0.3 is 25.1 Å². The standard InChI is InChI=1S/C23H17ClF3N5O4/c1-35-22(34)32-20-30-18-9-7-15(11-19(18)31-20)36-14-5-2-12(3-6-14)28-21(33)29-13-4-8-17(24)16(10-13)23(25,26)27/h2-11H,1H3,(H2,28,29,33)(H2,30,31,32,34). The van der Waals surface area contributed by atoms with Gasteiger partial charge in [-0.05, 0) is 54.6 Å². The second-order valence-corrected chi connectivity index (χ2v) is 7.69. The molecule has 0 aliphatic rings. The van der Waals surface area contributed by atoms with Crippen LogP contribution in [0.3, 0.4) is 0 Å². The molecule has 4 aromatic rings. The number of fused-ring (bicyclic) bond motifs is 1. The zero-order valence-electron chi connectivity index (χ0n) is 18.4. The maximum Gasteiger partial charge on any atom is 0.417 e. The summed E-state index contributed by atoms with van der Waals surface area (Å²) in [5.74, 6) is 1.15. The van der Waals surface area contributed by atoms with E-state index in [1.165, 1.54) is 13.2 Å². The Labute approximate surface area is 206 Å². The van der Waals surface area contributed by atoms with E-state index in [9.17, 15) is 22.8 Å². The molecule has 1 heterocycles. The van der Waals surface area contributed by atoms with E-state index in [4.69, 9.17) is 16.3 Å². The number of carbonyl (C=O) groups is 2. The number of benzene rings is 3. The number of aromatic amines is 1. The van der Waals surface area contributed by atoms with Gasteiger partial charge in [0.25, 0.3) is 0 Å². The number of H-pyrrole nitrogens is 1. The first-order valence-electron chi connectivity index (χ1n) is 10.2. The molecule has 36 heavy (non-hydrogen) atoms. The van der Waals surface area contributed by atoms with Gasteiger partial charge in [-0.2, -0.15) is 13.2 Å². The zero-order valence-corrected chi connectivity index (χ0v) is 19.1. The number of methoxy groups -OCH3 is 1. The van der Waals surface area contributed by atoms with Crippen molar-refractivity contribution in [1.82, 2.24) is 9.97 Å². The number of nitrogens with one attached hydrogen (secondary N) is 4. The van der Waals surface area contributed by atoms with Crippen molar-refractivity contribution in [3.05, 3.63) is 71.2 Å². The highest BCUT2D eigenvalue weighted by atomic mass is 35.5. The topological polar surface area (TPSA) is 117 Å². The van der Waals surface area contributed by atoms with Crippen molar-refractivity contribution in [2.45, 2.75) is 6.18 Å². The first-order valence-corrected chi connectivity index (χ1v) is 10.6. The predicted octanol–water partition coefficient (Wildman–Crippen LogP) is 6.85. The highest BCUT2D eigenvalue weighted by Gasteiger charge is 2.33. The molecule has 13 heteroatoms. The molecule has 4 rings (SSSR count). The Morgan fingerprint density at radius 1 is 0.917 bits per heavy atom. The zero-order chi connectivity index (χ0) is 25.9. The van der Waals surface area contributed by atoms with Gasteiger partial charge in [-0.25, -0.2) is 14.6 Å². The van der Waals surface area contributed by atoms with Crippen LogP contribution < -0.4 is 20.7 Å². The summed E-state index contributed by atoms with van der Waals surface area (Å²) >= 11 is 5.59. The minimum absolute atomic E-state index is 0.0668. The molecule has 0 aliphatic heterocycles. The molecule has 0 atom stereocenters. The van der Waals surface area contributed by atoms with Crippen LogP contribution in [-0.4, -0.2) is 29.2 Å². The van der Waals surface area contributed by atoms with Crippen LogP contribution in [0.1, 0.15) is 5.56 Å². The summed E-state index contributed by atoms with van der Waals surface area (Å²) in [7, 11) is 1.24. The number of ether oxygens (including phenoxy) is 2. The Hall–Kier alpha value is -4.45. The highest BCUT2D eigenvalue weighted by Crippen LogP contribution is 2.36. The number of anilines is 3. The molecule has 0 unspecified atom stereocenters. The van der Waals surface area contributed by atoms with Gasteiger partial charge in [0.05, 0.1) is 28.7 Å². The lowest BCUT2D eigenvalue weighted by Crippen LogP contribution is -2.19. The monoisotopic (exact) mass is 519 g/mol. The van der Waals surface area contributed by atoms with Gasteiger partial charge in [-0.1, -0.05) is 11.6 Å². The number of imidazole rings is 1. The molecule has 0 fully saturated rings. The summed E-state index contributed by atoms with van der Waals surface area (Å²) in [6.07, 6.45) is -5.31. The number of nitrogens with zero attached hydrogens (tertiary/aromatic N) is 1. The Morgan fingerprint density at radius 2 is 1.58 bits per heavy atom. The van der Waals surface area contributed by atoms with Crippen LogP contribution >= 0.6 is 11.6 Å². The summed E-state index contributed by atoms with van der Waals surface area (Å²) in [4.78, 5) is 30.7. The van der Waals surface area contributed by atoms with Crippen molar-refractivity contribution >= 4 is 52.1 Å². The number of carbonyl (C=O) groups excluding carboxylic acids is 2. The fraction of sp³-hybridized carbons (Fsp3) is 0.0870. The number of urea groups is 1. The van der Waals surface area contributed by atoms with Gasteiger partial charge >= 0.3 is 18.3 Å². The van der Waals surface area contributed by atoms with Crippen LogP contribution in [-0.2, 0) is 10.9 Å². The molecule has 3 amide bonds. The van der Waals surface area contributed by atoms with Gasteiger partial charge in [0.1, 0.15) is 11.5 Å². The fourth-order valence-corrected chi connectivity index (χ4v) is 3.34. The molecule has 0 spiro atoms. The van der Waals surface area contributed by atoms with Crippen molar-refractivity contribution in [1.29, 1.82) is 0 Å². The minimum atomic E-state index is -4.65. The SMILES string of the molecule is COC(=O)Nc1nc2cc(Oc3ccc(NC(=O)Nc4ccc(Cl)c(C(F)(F)F)c4)cc3)ccc2[nH]1. The Morgan fingerprint density at radius 3 is 2.28 bits per heavy atom. The second kappa shape index (κ2) is 10.0. The number of rotatable bonds is 5. The first-order chi connectivity index (χ1) is 17.1. The third-order valence-electron chi connectivity index (χ3n) is 4.74. The summed E-state index contributed by atoms with van der Waals surface area (Å²) in [6.45, 7) is 0. The van der Waals surface area contributed by atoms with E-state index in [0.29, 0.717) is 28.2 Å². The molecule has 0 bridgehead atoms. The average Bonchev–Trinajstić information content (AvgIpc) is 3.22. The number of hydrogen-bond acceptors (Lipinski definition) is 5. The van der Waals surface area contributed by atoms with Crippen LogP contribution in [0.4, 0.5) is 40.1 Å². The normalized spacial score (nSPS) is 11.1. The first kappa shape index (κ1) is 24.7. The summed E-state index contributed by atoms with van der Waals surface area (Å²) < 4.78 is 49.3.